The maximum Gasteiger partial charge on any atom is 0.215 e. The van der Waals surface area contributed by atoms with Gasteiger partial charge in [0, 0.05) is 11.8 Å². The zero-order valence-corrected chi connectivity index (χ0v) is 6.89. The van der Waals surface area contributed by atoms with E-state index in [1.165, 1.54) is 0 Å². The first kappa shape index (κ1) is 8.18. The molecule has 0 aromatic carbocycles. The zero-order valence-electron chi connectivity index (χ0n) is 6.89. The first-order valence-electron chi connectivity index (χ1n) is 3.85. The van der Waals surface area contributed by atoms with E-state index in [1.54, 1.807) is 13.1 Å². The molecule has 1 heterocycles. The summed E-state index contributed by atoms with van der Waals surface area (Å²) in [5.41, 5.74) is 1.75. The number of nitrogens with zero attached hydrogens (tertiary/aromatic N) is 1. The third kappa shape index (κ3) is 2.00. The minimum atomic E-state index is -0.357. The molecule has 2 heteroatoms. The van der Waals surface area contributed by atoms with E-state index in [0.29, 0.717) is 5.56 Å². The van der Waals surface area contributed by atoms with Gasteiger partial charge in [-0.1, -0.05) is 19.4 Å². The Morgan fingerprint density at radius 3 is 2.82 bits per heavy atom. The molecular weight excluding hydrogens is 141 g/mol. The average Bonchev–Trinajstić information content (AvgIpc) is 1.98. The lowest BCUT2D eigenvalue weighted by Gasteiger charge is -1.99. The molecule has 0 saturated carbocycles. The first-order valence-corrected chi connectivity index (χ1v) is 3.85. The summed E-state index contributed by atoms with van der Waals surface area (Å²) in [6, 6.07) is 1.85. The monoisotopic (exact) mass is 153 g/mol. The van der Waals surface area contributed by atoms with Gasteiger partial charge in [-0.3, -0.25) is 0 Å². The zero-order chi connectivity index (χ0) is 8.27. The number of aryl methyl sites for hydroxylation is 2. The summed E-state index contributed by atoms with van der Waals surface area (Å²) in [7, 11) is 0. The third-order valence-electron chi connectivity index (χ3n) is 1.61. The smallest absolute Gasteiger partial charge is 0.215 e. The van der Waals surface area contributed by atoms with Crippen molar-refractivity contribution < 1.29 is 4.39 Å². The van der Waals surface area contributed by atoms with Crippen molar-refractivity contribution in [1.82, 2.24) is 4.98 Å². The van der Waals surface area contributed by atoms with Crippen LogP contribution in [0.4, 0.5) is 4.39 Å². The Morgan fingerprint density at radius 1 is 1.55 bits per heavy atom. The van der Waals surface area contributed by atoms with Gasteiger partial charge in [0.1, 0.15) is 0 Å². The standard InChI is InChI=1S/C9H12FN/c1-3-4-8-5-7(2)9(10)11-6-8/h5-6H,3-4H2,1-2H3. The van der Waals surface area contributed by atoms with Gasteiger partial charge in [0.25, 0.3) is 0 Å². The van der Waals surface area contributed by atoms with Crippen LogP contribution in [0.25, 0.3) is 0 Å². The lowest BCUT2D eigenvalue weighted by Crippen LogP contribution is -1.91. The predicted octanol–water partition coefficient (Wildman–Crippen LogP) is 2.48. The van der Waals surface area contributed by atoms with Crippen molar-refractivity contribution in [2.24, 2.45) is 0 Å². The van der Waals surface area contributed by atoms with Gasteiger partial charge < -0.3 is 0 Å². The van der Waals surface area contributed by atoms with Crippen LogP contribution >= 0.6 is 0 Å². The molecule has 0 atom stereocenters. The highest BCUT2D eigenvalue weighted by molar-refractivity contribution is 5.17. The average molecular weight is 153 g/mol. The molecule has 0 aliphatic heterocycles. The lowest BCUT2D eigenvalue weighted by atomic mass is 10.1. The van der Waals surface area contributed by atoms with Crippen molar-refractivity contribution in [2.75, 3.05) is 0 Å². The van der Waals surface area contributed by atoms with Crippen LogP contribution in [0.3, 0.4) is 0 Å². The van der Waals surface area contributed by atoms with E-state index in [2.05, 4.69) is 11.9 Å². The van der Waals surface area contributed by atoms with Gasteiger partial charge in [-0.25, -0.2) is 4.98 Å². The van der Waals surface area contributed by atoms with Gasteiger partial charge in [-0.05, 0) is 18.9 Å². The van der Waals surface area contributed by atoms with Crippen molar-refractivity contribution in [1.29, 1.82) is 0 Å². The number of rotatable bonds is 2. The summed E-state index contributed by atoms with van der Waals surface area (Å²) in [6.45, 7) is 3.83. The number of hydrogen-bond acceptors (Lipinski definition) is 1. The quantitative estimate of drug-likeness (QED) is 0.595. The Morgan fingerprint density at radius 2 is 2.27 bits per heavy atom. The van der Waals surface area contributed by atoms with Crippen LogP contribution in [0, 0.1) is 12.9 Å². The predicted molar refractivity (Wildman–Crippen MR) is 42.9 cm³/mol. The van der Waals surface area contributed by atoms with Crippen molar-refractivity contribution in [2.45, 2.75) is 26.7 Å². The maximum absolute atomic E-state index is 12.6. The van der Waals surface area contributed by atoms with Gasteiger partial charge in [0.2, 0.25) is 5.95 Å². The number of hydrogen-bond donors (Lipinski definition) is 0. The van der Waals surface area contributed by atoms with Crippen molar-refractivity contribution in [3.63, 3.8) is 0 Å². The van der Waals surface area contributed by atoms with E-state index in [-0.39, 0.29) is 5.95 Å². The summed E-state index contributed by atoms with van der Waals surface area (Å²) in [5.74, 6) is -0.357. The molecule has 11 heavy (non-hydrogen) atoms. The molecule has 1 rings (SSSR count). The molecule has 0 spiro atoms. The SMILES string of the molecule is CCCc1cnc(F)c(C)c1. The summed E-state index contributed by atoms with van der Waals surface area (Å²) < 4.78 is 12.6. The Hall–Kier alpha value is -0.920. The van der Waals surface area contributed by atoms with E-state index >= 15 is 0 Å². The summed E-state index contributed by atoms with van der Waals surface area (Å²) in [4.78, 5) is 3.63. The number of aromatic nitrogens is 1. The van der Waals surface area contributed by atoms with Gasteiger partial charge in [-0.2, -0.15) is 4.39 Å². The maximum atomic E-state index is 12.6. The molecule has 1 aromatic rings. The molecule has 0 fully saturated rings. The Balaban J connectivity index is 2.86. The molecule has 0 N–H and O–H groups in total. The van der Waals surface area contributed by atoms with Gasteiger partial charge in [-0.15, -0.1) is 0 Å². The van der Waals surface area contributed by atoms with E-state index in [0.717, 1.165) is 18.4 Å². The van der Waals surface area contributed by atoms with Crippen LogP contribution < -0.4 is 0 Å². The Bertz CT molecular complexity index is 245. The van der Waals surface area contributed by atoms with E-state index in [1.807, 2.05) is 6.07 Å². The molecular formula is C9H12FN. The van der Waals surface area contributed by atoms with Gasteiger partial charge in [0.05, 0.1) is 0 Å². The second kappa shape index (κ2) is 3.46. The topological polar surface area (TPSA) is 12.9 Å². The molecule has 0 aliphatic rings. The summed E-state index contributed by atoms with van der Waals surface area (Å²) in [5, 5.41) is 0. The largest absolute Gasteiger partial charge is 0.228 e. The Kier molecular flexibility index (Phi) is 2.58. The molecule has 60 valence electrons. The first-order chi connectivity index (χ1) is 5.24. The normalized spacial score (nSPS) is 10.1. The highest BCUT2D eigenvalue weighted by Crippen LogP contribution is 2.07. The molecule has 0 bridgehead atoms. The van der Waals surface area contributed by atoms with Crippen LogP contribution in [0.15, 0.2) is 12.3 Å². The van der Waals surface area contributed by atoms with Gasteiger partial charge >= 0.3 is 0 Å². The lowest BCUT2D eigenvalue weighted by molar-refractivity contribution is 0.572. The highest BCUT2D eigenvalue weighted by atomic mass is 19.1. The fraction of sp³-hybridized carbons (Fsp3) is 0.444. The second-order valence-corrected chi connectivity index (χ2v) is 2.70. The van der Waals surface area contributed by atoms with E-state index < -0.39 is 0 Å². The molecule has 0 aliphatic carbocycles. The number of halogens is 1. The molecule has 1 aromatic heterocycles. The van der Waals surface area contributed by atoms with Gasteiger partial charge in [0.15, 0.2) is 0 Å². The van der Waals surface area contributed by atoms with Crippen LogP contribution in [-0.2, 0) is 6.42 Å². The minimum Gasteiger partial charge on any atom is -0.228 e. The Labute approximate surface area is 66.3 Å². The van der Waals surface area contributed by atoms with Crippen LogP contribution in [0.2, 0.25) is 0 Å². The molecule has 0 unspecified atom stereocenters. The van der Waals surface area contributed by atoms with Crippen molar-refractivity contribution >= 4 is 0 Å². The molecule has 0 amide bonds. The van der Waals surface area contributed by atoms with E-state index in [4.69, 9.17) is 0 Å². The second-order valence-electron chi connectivity index (χ2n) is 2.70. The highest BCUT2D eigenvalue weighted by Gasteiger charge is 1.98. The minimum absolute atomic E-state index is 0.357. The van der Waals surface area contributed by atoms with Crippen molar-refractivity contribution in [3.05, 3.63) is 29.3 Å². The van der Waals surface area contributed by atoms with Crippen LogP contribution in [0.1, 0.15) is 24.5 Å². The summed E-state index contributed by atoms with van der Waals surface area (Å²) in [6.07, 6.45) is 3.66. The van der Waals surface area contributed by atoms with E-state index in [9.17, 15) is 4.39 Å². The van der Waals surface area contributed by atoms with Crippen LogP contribution in [0.5, 0.6) is 0 Å². The van der Waals surface area contributed by atoms with Crippen LogP contribution in [-0.4, -0.2) is 4.98 Å². The summed E-state index contributed by atoms with van der Waals surface area (Å²) >= 11 is 0. The fourth-order valence-electron chi connectivity index (χ4n) is 1.04. The number of pyridine rings is 1. The fourth-order valence-corrected chi connectivity index (χ4v) is 1.04. The molecule has 0 radical (unpaired) electrons. The third-order valence-corrected chi connectivity index (χ3v) is 1.61. The molecule has 1 nitrogen and oxygen atoms in total. The van der Waals surface area contributed by atoms with Crippen molar-refractivity contribution in [3.8, 4) is 0 Å². The molecule has 0 saturated heterocycles.